The van der Waals surface area contributed by atoms with Gasteiger partial charge in [-0.1, -0.05) is 18.2 Å². The van der Waals surface area contributed by atoms with Crippen LogP contribution in [0, 0.1) is 0 Å². The molecule has 0 spiro atoms. The molecule has 3 aromatic rings. The first-order valence-corrected chi connectivity index (χ1v) is 6.04. The van der Waals surface area contributed by atoms with Gasteiger partial charge in [0, 0.05) is 24.8 Å². The molecule has 0 fully saturated rings. The highest BCUT2D eigenvalue weighted by atomic mass is 15.4. The Bertz CT molecular complexity index is 733. The largest absolute Gasteiger partial charge is 0.293 e. The molecular weight excluding hydrogens is 236 g/mol. The zero-order valence-corrected chi connectivity index (χ0v) is 10.3. The highest BCUT2D eigenvalue weighted by Crippen LogP contribution is 2.00. The molecule has 0 atom stereocenters. The number of hydrogen-bond donors (Lipinski definition) is 1. The van der Waals surface area contributed by atoms with Crippen LogP contribution in [0.1, 0.15) is 0 Å². The second kappa shape index (κ2) is 5.27. The van der Waals surface area contributed by atoms with E-state index in [4.69, 9.17) is 1.41 Å². The first-order chi connectivity index (χ1) is 9.84. The minimum Gasteiger partial charge on any atom is -0.293 e. The van der Waals surface area contributed by atoms with Crippen LogP contribution in [0.3, 0.4) is 0 Å². The highest BCUT2D eigenvalue weighted by Gasteiger charge is 1.95. The summed E-state index contributed by atoms with van der Waals surface area (Å²) in [4.78, 5) is 0. The van der Waals surface area contributed by atoms with Gasteiger partial charge >= 0.3 is 0 Å². The SMILES string of the molecule is [2H]N(c1ccccc/c1=N\n1cccc1)n1cccc1. The van der Waals surface area contributed by atoms with Gasteiger partial charge in [0.2, 0.25) is 0 Å². The average Bonchev–Trinajstić information content (AvgIpc) is 3.10. The summed E-state index contributed by atoms with van der Waals surface area (Å²) in [7, 11) is 0. The summed E-state index contributed by atoms with van der Waals surface area (Å²) in [6, 6.07) is 17.1. The minimum absolute atomic E-state index is 0.694. The first-order valence-electron chi connectivity index (χ1n) is 6.49. The van der Waals surface area contributed by atoms with E-state index in [9.17, 15) is 0 Å². The van der Waals surface area contributed by atoms with Crippen LogP contribution < -0.4 is 10.8 Å². The summed E-state index contributed by atoms with van der Waals surface area (Å²) < 4.78 is 11.7. The third-order valence-corrected chi connectivity index (χ3v) is 2.62. The minimum atomic E-state index is 0.694. The zero-order chi connectivity index (χ0) is 13.8. The van der Waals surface area contributed by atoms with Gasteiger partial charge < -0.3 is 0 Å². The molecule has 4 nitrogen and oxygen atoms in total. The molecule has 0 amide bonds. The lowest BCUT2D eigenvalue weighted by atomic mass is 10.4. The molecule has 0 radical (unpaired) electrons. The van der Waals surface area contributed by atoms with Crippen LogP contribution in [0.2, 0.25) is 1.41 Å². The van der Waals surface area contributed by atoms with E-state index in [2.05, 4.69) is 5.10 Å². The number of rotatable bonds is 3. The van der Waals surface area contributed by atoms with Gasteiger partial charge in [0.1, 0.15) is 5.36 Å². The zero-order valence-electron chi connectivity index (χ0n) is 11.3. The Kier molecular flexibility index (Phi) is 2.83. The molecule has 0 bridgehead atoms. The van der Waals surface area contributed by atoms with Gasteiger partial charge in [-0.2, -0.15) is 5.10 Å². The maximum absolute atomic E-state index is 8.25. The van der Waals surface area contributed by atoms with Gasteiger partial charge in [0.05, 0.1) is 5.69 Å². The Morgan fingerprint density at radius 2 is 1.53 bits per heavy atom. The van der Waals surface area contributed by atoms with Crippen molar-refractivity contribution in [1.29, 1.82) is 0 Å². The van der Waals surface area contributed by atoms with E-state index in [1.54, 1.807) is 9.35 Å². The Labute approximate surface area is 112 Å². The molecule has 2 heterocycles. The Balaban J connectivity index is 2.14. The topological polar surface area (TPSA) is 34.2 Å². The molecule has 0 saturated heterocycles. The quantitative estimate of drug-likeness (QED) is 0.762. The maximum Gasteiger partial charge on any atom is 0.188 e. The lowest BCUT2D eigenvalue weighted by Crippen LogP contribution is -2.15. The normalized spacial score (nSPS) is 12.2. The number of aromatic nitrogens is 2. The Hall–Kier alpha value is -2.75. The molecule has 0 saturated carbocycles. The van der Waals surface area contributed by atoms with E-state index in [0.29, 0.717) is 5.69 Å². The monoisotopic (exact) mass is 251 g/mol. The van der Waals surface area contributed by atoms with E-state index < -0.39 is 0 Å². The molecule has 94 valence electrons. The Morgan fingerprint density at radius 1 is 0.842 bits per heavy atom. The molecule has 0 aliphatic heterocycles. The standard InChI is InChI=1S/C15H14N4/c1-2-8-14(16-18-10-4-5-11-18)15(9-3-1)17-19-12-6-7-13-19/h1-13H,(H,16,17)/i/hD. The van der Waals surface area contributed by atoms with Crippen molar-refractivity contribution in [2.24, 2.45) is 5.10 Å². The predicted octanol–water partition coefficient (Wildman–Crippen LogP) is 2.53. The molecule has 1 N–H and O–H groups in total. The van der Waals surface area contributed by atoms with Crippen LogP contribution in [0.5, 0.6) is 0 Å². The summed E-state index contributed by atoms with van der Waals surface area (Å²) >= 11 is 0. The highest BCUT2D eigenvalue weighted by molar-refractivity contribution is 5.41. The third kappa shape index (κ3) is 2.74. The number of nitrogens with zero attached hydrogens (tertiary/aromatic N) is 3. The summed E-state index contributed by atoms with van der Waals surface area (Å²) in [5.41, 5.74) is 2.00. The van der Waals surface area contributed by atoms with Crippen molar-refractivity contribution in [2.45, 2.75) is 0 Å². The molecule has 1 aromatic carbocycles. The molecule has 0 unspecified atom stereocenters. The van der Waals surface area contributed by atoms with Crippen molar-refractivity contribution >= 4 is 5.69 Å². The number of hydrogen-bond acceptors (Lipinski definition) is 2. The summed E-state index contributed by atoms with van der Waals surface area (Å²) in [5, 5.41) is 5.23. The first kappa shape index (κ1) is 10.2. The lowest BCUT2D eigenvalue weighted by Gasteiger charge is -2.06. The van der Waals surface area contributed by atoms with Gasteiger partial charge in [-0.05, 0) is 36.4 Å². The number of anilines is 1. The van der Waals surface area contributed by atoms with E-state index in [-0.39, 0.29) is 0 Å². The van der Waals surface area contributed by atoms with Gasteiger partial charge in [-0.3, -0.25) is 10.1 Å². The van der Waals surface area contributed by atoms with Crippen LogP contribution in [-0.4, -0.2) is 9.35 Å². The second-order valence-corrected chi connectivity index (χ2v) is 4.01. The summed E-state index contributed by atoms with van der Waals surface area (Å²) in [6.07, 6.45) is 7.36. The summed E-state index contributed by atoms with van der Waals surface area (Å²) in [5.74, 6) is 0. The van der Waals surface area contributed by atoms with Crippen molar-refractivity contribution in [3.8, 4) is 0 Å². The van der Waals surface area contributed by atoms with E-state index >= 15 is 0 Å². The van der Waals surface area contributed by atoms with Crippen LogP contribution in [0.15, 0.2) is 84.5 Å². The van der Waals surface area contributed by atoms with Crippen LogP contribution >= 0.6 is 0 Å². The molecular formula is C15H14N4. The fourth-order valence-electron chi connectivity index (χ4n) is 1.73. The van der Waals surface area contributed by atoms with Crippen molar-refractivity contribution in [1.82, 2.24) is 9.35 Å². The fraction of sp³-hybridized carbons (Fsp3) is 0. The van der Waals surface area contributed by atoms with Gasteiger partial charge in [0.25, 0.3) is 0 Å². The maximum atomic E-state index is 8.25. The molecule has 4 heteroatoms. The smallest absolute Gasteiger partial charge is 0.188 e. The van der Waals surface area contributed by atoms with E-state index in [0.717, 1.165) is 5.36 Å². The van der Waals surface area contributed by atoms with Gasteiger partial charge in [-0.25, -0.2) is 4.68 Å². The van der Waals surface area contributed by atoms with Crippen molar-refractivity contribution in [2.75, 3.05) is 5.42 Å². The van der Waals surface area contributed by atoms with Gasteiger partial charge in [-0.15, -0.1) is 0 Å². The van der Waals surface area contributed by atoms with E-state index in [1.165, 1.54) is 5.42 Å². The lowest BCUT2D eigenvalue weighted by molar-refractivity contribution is 0.843. The van der Waals surface area contributed by atoms with Crippen molar-refractivity contribution in [3.05, 3.63) is 84.7 Å². The second-order valence-electron chi connectivity index (χ2n) is 4.01. The molecule has 0 aliphatic carbocycles. The predicted molar refractivity (Wildman–Crippen MR) is 75.3 cm³/mol. The molecule has 19 heavy (non-hydrogen) atoms. The van der Waals surface area contributed by atoms with Crippen LogP contribution in [-0.2, 0) is 0 Å². The molecule has 3 rings (SSSR count). The summed E-state index contributed by atoms with van der Waals surface area (Å²) in [6.45, 7) is 0. The van der Waals surface area contributed by atoms with Crippen molar-refractivity contribution < 1.29 is 1.41 Å². The van der Waals surface area contributed by atoms with Gasteiger partial charge in [0.15, 0.2) is 1.41 Å². The van der Waals surface area contributed by atoms with Crippen LogP contribution in [0.4, 0.5) is 5.69 Å². The third-order valence-electron chi connectivity index (χ3n) is 2.62. The average molecular weight is 251 g/mol. The molecule has 0 aliphatic rings. The fourth-order valence-corrected chi connectivity index (χ4v) is 1.73. The van der Waals surface area contributed by atoms with Crippen molar-refractivity contribution in [3.63, 3.8) is 0 Å². The molecule has 2 aromatic heterocycles. The van der Waals surface area contributed by atoms with E-state index in [1.807, 2.05) is 79.4 Å². The number of nitrogens with one attached hydrogen (secondary N) is 1. The Morgan fingerprint density at radius 3 is 2.32 bits per heavy atom. The van der Waals surface area contributed by atoms with Crippen LogP contribution in [0.25, 0.3) is 0 Å².